The molecule has 0 aromatic carbocycles. The Bertz CT molecular complexity index is 646. The van der Waals surface area contributed by atoms with E-state index >= 15 is 0 Å². The zero-order chi connectivity index (χ0) is 12.2. The highest BCUT2D eigenvalue weighted by atomic mass is 32.1. The third-order valence-corrected chi connectivity index (χ3v) is 4.55. The molecule has 3 rings (SSSR count). The highest BCUT2D eigenvalue weighted by molar-refractivity contribution is 7.18. The molecule has 0 radical (unpaired) electrons. The molecular formula is C13H16N2OS. The van der Waals surface area contributed by atoms with Crippen LogP contribution in [0.1, 0.15) is 37.6 Å². The first-order chi connectivity index (χ1) is 7.98. The van der Waals surface area contributed by atoms with Crippen LogP contribution in [0.4, 0.5) is 0 Å². The number of aryl methyl sites for hydroxylation is 2. The van der Waals surface area contributed by atoms with E-state index in [4.69, 9.17) is 0 Å². The van der Waals surface area contributed by atoms with Crippen molar-refractivity contribution in [3.63, 3.8) is 0 Å². The van der Waals surface area contributed by atoms with Gasteiger partial charge in [0.2, 0.25) is 0 Å². The van der Waals surface area contributed by atoms with Gasteiger partial charge in [-0.1, -0.05) is 0 Å². The molecule has 2 aromatic rings. The van der Waals surface area contributed by atoms with Crippen molar-refractivity contribution in [3.05, 3.63) is 27.1 Å². The van der Waals surface area contributed by atoms with Crippen molar-refractivity contribution >= 4 is 21.6 Å². The summed E-state index contributed by atoms with van der Waals surface area (Å²) in [6.07, 6.45) is 5.03. The second-order valence-electron chi connectivity index (χ2n) is 5.63. The second kappa shape index (κ2) is 3.42. The molecule has 0 atom stereocenters. The van der Waals surface area contributed by atoms with Crippen LogP contribution in [-0.2, 0) is 18.4 Å². The first-order valence-electron chi connectivity index (χ1n) is 6.01. The first kappa shape index (κ1) is 11.0. The van der Waals surface area contributed by atoms with Crippen molar-refractivity contribution in [2.75, 3.05) is 0 Å². The Labute approximate surface area is 104 Å². The Morgan fingerprint density at radius 2 is 2.12 bits per heavy atom. The van der Waals surface area contributed by atoms with Crippen molar-refractivity contribution < 1.29 is 0 Å². The molecule has 0 fully saturated rings. The predicted octanol–water partition coefficient (Wildman–Crippen LogP) is 2.70. The summed E-state index contributed by atoms with van der Waals surface area (Å²) in [5.74, 6) is 0. The zero-order valence-electron chi connectivity index (χ0n) is 10.4. The topological polar surface area (TPSA) is 34.9 Å². The molecule has 2 aromatic heterocycles. The minimum absolute atomic E-state index is 0.127. The van der Waals surface area contributed by atoms with Crippen molar-refractivity contribution in [1.82, 2.24) is 9.55 Å². The largest absolute Gasteiger partial charge is 0.293 e. The minimum Gasteiger partial charge on any atom is -0.293 e. The van der Waals surface area contributed by atoms with E-state index in [1.165, 1.54) is 16.9 Å². The average molecular weight is 248 g/mol. The Kier molecular flexibility index (Phi) is 2.20. The fourth-order valence-electron chi connectivity index (χ4n) is 2.46. The maximum Gasteiger partial charge on any atom is 0.262 e. The highest BCUT2D eigenvalue weighted by Gasteiger charge is 2.23. The number of aromatic nitrogens is 2. The SMILES string of the molecule is CC(C)(C)n1cnc2sc3c(c2c1=O)CCC3. The average Bonchev–Trinajstić information content (AvgIpc) is 2.74. The maximum atomic E-state index is 12.5. The summed E-state index contributed by atoms with van der Waals surface area (Å²) in [7, 11) is 0. The normalized spacial score (nSPS) is 15.5. The first-order valence-corrected chi connectivity index (χ1v) is 6.82. The van der Waals surface area contributed by atoms with E-state index in [0.717, 1.165) is 23.1 Å². The molecule has 2 heterocycles. The monoisotopic (exact) mass is 248 g/mol. The summed E-state index contributed by atoms with van der Waals surface area (Å²) >= 11 is 1.70. The van der Waals surface area contributed by atoms with Gasteiger partial charge in [0.05, 0.1) is 11.7 Å². The van der Waals surface area contributed by atoms with E-state index in [0.29, 0.717) is 0 Å². The lowest BCUT2D eigenvalue weighted by molar-refractivity contribution is 0.382. The summed E-state index contributed by atoms with van der Waals surface area (Å²) < 4.78 is 1.75. The molecule has 0 N–H and O–H groups in total. The standard InChI is InChI=1S/C13H16N2OS/c1-13(2,3)15-7-14-11-10(12(15)16)8-5-4-6-9(8)17-11/h7H,4-6H2,1-3H3. The molecule has 0 bridgehead atoms. The van der Waals surface area contributed by atoms with Gasteiger partial charge in [-0.05, 0) is 45.6 Å². The van der Waals surface area contributed by atoms with Crippen molar-refractivity contribution in [1.29, 1.82) is 0 Å². The van der Waals surface area contributed by atoms with Crippen molar-refractivity contribution in [2.24, 2.45) is 0 Å². The van der Waals surface area contributed by atoms with Gasteiger partial charge >= 0.3 is 0 Å². The van der Waals surface area contributed by atoms with Crippen LogP contribution < -0.4 is 5.56 Å². The van der Waals surface area contributed by atoms with E-state index in [1.54, 1.807) is 22.2 Å². The van der Waals surface area contributed by atoms with Gasteiger partial charge in [0, 0.05) is 10.4 Å². The molecule has 0 unspecified atom stereocenters. The highest BCUT2D eigenvalue weighted by Crippen LogP contribution is 2.34. The van der Waals surface area contributed by atoms with Gasteiger partial charge < -0.3 is 0 Å². The molecule has 0 aliphatic heterocycles. The fraction of sp³-hybridized carbons (Fsp3) is 0.538. The Balaban J connectivity index is 2.38. The van der Waals surface area contributed by atoms with Gasteiger partial charge in [-0.3, -0.25) is 9.36 Å². The summed E-state index contributed by atoms with van der Waals surface area (Å²) in [6.45, 7) is 6.11. The molecule has 0 spiro atoms. The molecule has 3 nitrogen and oxygen atoms in total. The van der Waals surface area contributed by atoms with Gasteiger partial charge in [-0.15, -0.1) is 11.3 Å². The number of rotatable bonds is 0. The quantitative estimate of drug-likeness (QED) is 0.718. The van der Waals surface area contributed by atoms with Crippen molar-refractivity contribution in [2.45, 2.75) is 45.6 Å². The fourth-order valence-corrected chi connectivity index (χ4v) is 3.68. The van der Waals surface area contributed by atoms with Gasteiger partial charge in [-0.25, -0.2) is 4.98 Å². The zero-order valence-corrected chi connectivity index (χ0v) is 11.2. The molecule has 17 heavy (non-hydrogen) atoms. The van der Waals surface area contributed by atoms with Crippen LogP contribution in [0.25, 0.3) is 10.2 Å². The lowest BCUT2D eigenvalue weighted by Crippen LogP contribution is -2.33. The van der Waals surface area contributed by atoms with Crippen molar-refractivity contribution in [3.8, 4) is 0 Å². The van der Waals surface area contributed by atoms with E-state index < -0.39 is 0 Å². The summed E-state index contributed by atoms with van der Waals surface area (Å²) in [4.78, 5) is 19.3. The van der Waals surface area contributed by atoms with E-state index in [-0.39, 0.29) is 11.1 Å². The van der Waals surface area contributed by atoms with Crippen LogP contribution >= 0.6 is 11.3 Å². The van der Waals surface area contributed by atoms with Crippen LogP contribution in [0.5, 0.6) is 0 Å². The number of hydrogen-bond acceptors (Lipinski definition) is 3. The summed E-state index contributed by atoms with van der Waals surface area (Å²) in [6, 6.07) is 0. The molecular weight excluding hydrogens is 232 g/mol. The second-order valence-corrected chi connectivity index (χ2v) is 6.71. The van der Waals surface area contributed by atoms with Gasteiger partial charge in [0.25, 0.3) is 5.56 Å². The Morgan fingerprint density at radius 1 is 1.35 bits per heavy atom. The molecule has 0 saturated carbocycles. The van der Waals surface area contributed by atoms with Crippen LogP contribution in [0, 0.1) is 0 Å². The minimum atomic E-state index is -0.203. The van der Waals surface area contributed by atoms with Gasteiger partial charge in [0.1, 0.15) is 4.83 Å². The van der Waals surface area contributed by atoms with E-state index in [2.05, 4.69) is 4.98 Å². The van der Waals surface area contributed by atoms with Gasteiger partial charge in [-0.2, -0.15) is 0 Å². The molecule has 1 aliphatic rings. The molecule has 1 aliphatic carbocycles. The number of nitrogens with zero attached hydrogens (tertiary/aromatic N) is 2. The Hall–Kier alpha value is -1.16. The van der Waals surface area contributed by atoms with Crippen LogP contribution in [0.3, 0.4) is 0 Å². The van der Waals surface area contributed by atoms with E-state index in [1.807, 2.05) is 20.8 Å². The summed E-state index contributed by atoms with van der Waals surface area (Å²) in [5.41, 5.74) is 1.19. The third-order valence-electron chi connectivity index (χ3n) is 3.35. The van der Waals surface area contributed by atoms with E-state index in [9.17, 15) is 4.79 Å². The van der Waals surface area contributed by atoms with Crippen LogP contribution in [0.2, 0.25) is 0 Å². The lowest BCUT2D eigenvalue weighted by Gasteiger charge is -2.21. The smallest absolute Gasteiger partial charge is 0.262 e. The lowest BCUT2D eigenvalue weighted by atomic mass is 10.1. The van der Waals surface area contributed by atoms with Crippen LogP contribution in [0.15, 0.2) is 11.1 Å². The summed E-state index contributed by atoms with van der Waals surface area (Å²) in [5, 5.41) is 0.875. The number of hydrogen-bond donors (Lipinski definition) is 0. The maximum absolute atomic E-state index is 12.5. The Morgan fingerprint density at radius 3 is 2.82 bits per heavy atom. The molecule has 4 heteroatoms. The van der Waals surface area contributed by atoms with Gasteiger partial charge in [0.15, 0.2) is 0 Å². The predicted molar refractivity (Wildman–Crippen MR) is 70.9 cm³/mol. The van der Waals surface area contributed by atoms with Crippen LogP contribution in [-0.4, -0.2) is 9.55 Å². The molecule has 0 saturated heterocycles. The number of thiophene rings is 1. The molecule has 90 valence electrons. The number of fused-ring (bicyclic) bond motifs is 3. The third kappa shape index (κ3) is 1.54. The molecule has 0 amide bonds.